The fourth-order valence-electron chi connectivity index (χ4n) is 4.04. The van der Waals surface area contributed by atoms with Crippen LogP contribution in [0.3, 0.4) is 0 Å². The van der Waals surface area contributed by atoms with Gasteiger partial charge >= 0.3 is 0 Å². The Kier molecular flexibility index (Phi) is 7.20. The highest BCUT2D eigenvalue weighted by molar-refractivity contribution is 6.33. The molecule has 9 heteroatoms. The van der Waals surface area contributed by atoms with Gasteiger partial charge in [0.2, 0.25) is 5.91 Å². The maximum atomic E-state index is 12.6. The summed E-state index contributed by atoms with van der Waals surface area (Å²) in [6.45, 7) is 3.33. The highest BCUT2D eigenvalue weighted by Crippen LogP contribution is 2.31. The van der Waals surface area contributed by atoms with E-state index in [9.17, 15) is 10.1 Å². The Bertz CT molecular complexity index is 996. The van der Waals surface area contributed by atoms with Gasteiger partial charge in [0.1, 0.15) is 11.6 Å². The Balaban J connectivity index is 1.48. The normalized spacial score (nSPS) is 20.2. The van der Waals surface area contributed by atoms with Gasteiger partial charge in [-0.2, -0.15) is 5.26 Å². The fourth-order valence-corrected chi connectivity index (χ4v) is 4.24. The van der Waals surface area contributed by atoms with Crippen molar-refractivity contribution >= 4 is 29.1 Å². The molecule has 32 heavy (non-hydrogen) atoms. The first-order valence-electron chi connectivity index (χ1n) is 11.0. The molecule has 0 aliphatic carbocycles. The second-order valence-corrected chi connectivity index (χ2v) is 8.76. The summed E-state index contributed by atoms with van der Waals surface area (Å²) in [4.78, 5) is 21.5. The number of amides is 1. The number of hydrogen-bond donors (Lipinski definition) is 3. The van der Waals surface area contributed by atoms with Crippen LogP contribution in [0.2, 0.25) is 5.02 Å². The molecular weight excluding hydrogens is 428 g/mol. The van der Waals surface area contributed by atoms with Gasteiger partial charge < -0.3 is 20.7 Å². The van der Waals surface area contributed by atoms with E-state index in [0.717, 1.165) is 19.4 Å². The van der Waals surface area contributed by atoms with Crippen LogP contribution in [-0.4, -0.2) is 48.7 Å². The fraction of sp³-hybridized carbons (Fsp3) is 0.478. The third-order valence-electron chi connectivity index (χ3n) is 6.09. The van der Waals surface area contributed by atoms with Gasteiger partial charge in [0, 0.05) is 38.1 Å². The minimum Gasteiger partial charge on any atom is -0.381 e. The molecule has 0 aromatic carbocycles. The predicted octanol–water partition coefficient (Wildman–Crippen LogP) is 3.47. The summed E-state index contributed by atoms with van der Waals surface area (Å²) in [7, 11) is 0. The lowest BCUT2D eigenvalue weighted by Crippen LogP contribution is -2.37. The van der Waals surface area contributed by atoms with E-state index in [-0.39, 0.29) is 11.8 Å². The van der Waals surface area contributed by atoms with E-state index in [4.69, 9.17) is 16.3 Å². The van der Waals surface area contributed by atoms with Crippen LogP contribution < -0.4 is 16.0 Å². The van der Waals surface area contributed by atoms with E-state index in [0.29, 0.717) is 67.1 Å². The van der Waals surface area contributed by atoms with Crippen LogP contribution in [0.1, 0.15) is 25.7 Å². The number of nitrogens with one attached hydrogen (secondary N) is 3. The molecule has 2 fully saturated rings. The van der Waals surface area contributed by atoms with Crippen molar-refractivity contribution in [2.24, 2.45) is 11.3 Å². The van der Waals surface area contributed by atoms with E-state index in [2.05, 4.69) is 32.0 Å². The lowest BCUT2D eigenvalue weighted by atomic mass is 9.82. The lowest BCUT2D eigenvalue weighted by molar-refractivity contribution is -0.120. The Morgan fingerprint density at radius 1 is 1.34 bits per heavy atom. The molecule has 0 bridgehead atoms. The molecule has 2 saturated heterocycles. The molecule has 2 aromatic rings. The number of carbonyl (C=O) groups excluding carboxylic acids is 1. The largest absolute Gasteiger partial charge is 0.381 e. The van der Waals surface area contributed by atoms with Crippen molar-refractivity contribution < 1.29 is 9.53 Å². The molecule has 8 nitrogen and oxygen atoms in total. The zero-order valence-electron chi connectivity index (χ0n) is 17.9. The first-order chi connectivity index (χ1) is 15.6. The summed E-state index contributed by atoms with van der Waals surface area (Å²) in [5.41, 5.74) is 0.897. The highest BCUT2D eigenvalue weighted by atomic mass is 35.5. The molecule has 4 heterocycles. The number of rotatable bonds is 6. The number of pyridine rings is 2. The monoisotopic (exact) mass is 454 g/mol. The number of carbonyl (C=O) groups is 1. The van der Waals surface area contributed by atoms with Crippen LogP contribution in [0.15, 0.2) is 30.5 Å². The minimum absolute atomic E-state index is 0.0420. The molecule has 0 saturated carbocycles. The third kappa shape index (κ3) is 5.36. The topological polar surface area (TPSA) is 112 Å². The van der Waals surface area contributed by atoms with E-state index in [1.807, 2.05) is 18.2 Å². The first kappa shape index (κ1) is 22.5. The molecule has 2 aromatic heterocycles. The van der Waals surface area contributed by atoms with E-state index < -0.39 is 5.41 Å². The molecule has 0 spiro atoms. The molecular formula is C23H27ClN6O2. The minimum atomic E-state index is -0.449. The Morgan fingerprint density at radius 3 is 2.94 bits per heavy atom. The zero-order chi connectivity index (χ0) is 22.4. The van der Waals surface area contributed by atoms with Crippen molar-refractivity contribution in [3.05, 3.63) is 35.5 Å². The second-order valence-electron chi connectivity index (χ2n) is 8.35. The molecule has 1 atom stereocenters. The Labute approximate surface area is 192 Å². The molecule has 2 aliphatic heterocycles. The molecule has 1 unspecified atom stereocenters. The average molecular weight is 455 g/mol. The van der Waals surface area contributed by atoms with Crippen LogP contribution in [0, 0.1) is 22.7 Å². The average Bonchev–Trinajstić information content (AvgIpc) is 2.85. The van der Waals surface area contributed by atoms with Gasteiger partial charge in [-0.15, -0.1) is 0 Å². The maximum Gasteiger partial charge on any atom is 0.229 e. The summed E-state index contributed by atoms with van der Waals surface area (Å²) in [5.74, 6) is 1.01. The molecule has 4 rings (SSSR count). The molecule has 3 N–H and O–H groups in total. The number of aromatic nitrogens is 2. The van der Waals surface area contributed by atoms with Crippen LogP contribution >= 0.6 is 11.6 Å². The summed E-state index contributed by atoms with van der Waals surface area (Å²) < 4.78 is 5.40. The van der Waals surface area contributed by atoms with Gasteiger partial charge in [-0.1, -0.05) is 17.7 Å². The second kappa shape index (κ2) is 10.3. The summed E-state index contributed by atoms with van der Waals surface area (Å²) in [6.07, 6.45) is 4.78. The summed E-state index contributed by atoms with van der Waals surface area (Å²) >= 11 is 6.41. The number of anilines is 2. The maximum absolute atomic E-state index is 12.6. The smallest absolute Gasteiger partial charge is 0.229 e. The summed E-state index contributed by atoms with van der Waals surface area (Å²) in [5, 5.41) is 19.6. The Hall–Kier alpha value is -2.73. The van der Waals surface area contributed by atoms with Crippen molar-refractivity contribution in [1.82, 2.24) is 15.3 Å². The van der Waals surface area contributed by atoms with Crippen molar-refractivity contribution in [3.63, 3.8) is 0 Å². The number of nitrogens with zero attached hydrogens (tertiary/aromatic N) is 3. The van der Waals surface area contributed by atoms with Crippen molar-refractivity contribution in [2.75, 3.05) is 43.5 Å². The van der Waals surface area contributed by atoms with Gasteiger partial charge in [-0.05, 0) is 50.4 Å². The van der Waals surface area contributed by atoms with E-state index in [1.54, 1.807) is 6.07 Å². The van der Waals surface area contributed by atoms with E-state index in [1.165, 1.54) is 6.20 Å². The van der Waals surface area contributed by atoms with Gasteiger partial charge in [0.05, 0.1) is 28.1 Å². The number of hydrogen-bond acceptors (Lipinski definition) is 7. The number of ether oxygens (including phenoxy) is 1. The third-order valence-corrected chi connectivity index (χ3v) is 6.40. The van der Waals surface area contributed by atoms with Crippen LogP contribution in [-0.2, 0) is 9.53 Å². The first-order valence-corrected chi connectivity index (χ1v) is 11.3. The van der Waals surface area contributed by atoms with Gasteiger partial charge in [-0.25, -0.2) is 9.97 Å². The number of halogens is 1. The number of nitriles is 1. The lowest BCUT2D eigenvalue weighted by Gasteiger charge is -2.30. The predicted molar refractivity (Wildman–Crippen MR) is 123 cm³/mol. The van der Waals surface area contributed by atoms with Crippen LogP contribution in [0.25, 0.3) is 11.3 Å². The molecule has 2 aliphatic rings. The number of piperidine rings is 1. The van der Waals surface area contributed by atoms with Crippen molar-refractivity contribution in [2.45, 2.75) is 25.7 Å². The molecule has 0 radical (unpaired) electrons. The van der Waals surface area contributed by atoms with Crippen molar-refractivity contribution in [1.29, 1.82) is 5.26 Å². The van der Waals surface area contributed by atoms with Crippen molar-refractivity contribution in [3.8, 4) is 17.3 Å². The van der Waals surface area contributed by atoms with E-state index >= 15 is 0 Å². The summed E-state index contributed by atoms with van der Waals surface area (Å²) in [6, 6.07) is 9.81. The molecule has 168 valence electrons. The van der Waals surface area contributed by atoms with Gasteiger partial charge in [0.15, 0.2) is 0 Å². The highest BCUT2D eigenvalue weighted by Gasteiger charge is 2.32. The van der Waals surface area contributed by atoms with Gasteiger partial charge in [0.25, 0.3) is 0 Å². The standard InChI is InChI=1S/C23H27ClN6O2/c24-18-13-27-21(30-22(31)16-3-2-8-26-12-16)11-17(18)19-4-1-5-20(29-19)28-15-23(14-25)6-9-32-10-7-23/h1,4-5,11,13,16,26H,2-3,6-10,12,15H2,(H,28,29)(H,27,30,31). The van der Waals surface area contributed by atoms with Crippen LogP contribution in [0.5, 0.6) is 0 Å². The Morgan fingerprint density at radius 2 is 2.19 bits per heavy atom. The SMILES string of the molecule is N#CC1(CNc2cccc(-c3cc(NC(=O)C4CCCNC4)ncc3Cl)n2)CCOCC1. The van der Waals surface area contributed by atoms with Crippen LogP contribution in [0.4, 0.5) is 11.6 Å². The zero-order valence-corrected chi connectivity index (χ0v) is 18.6. The molecule has 1 amide bonds. The van der Waals surface area contributed by atoms with Gasteiger partial charge in [-0.3, -0.25) is 4.79 Å². The quantitative estimate of drug-likeness (QED) is 0.612.